The lowest BCUT2D eigenvalue weighted by Crippen LogP contribution is -2.46. The van der Waals surface area contributed by atoms with Crippen molar-refractivity contribution in [1.82, 2.24) is 0 Å². The zero-order valence-corrected chi connectivity index (χ0v) is 16.6. The standard InChI is InChI=1S/C19H21BrN4O2/c1-4-16(13-7-9-14(20)10-8-13)17(11-21)15(23)24-19(25-5-2,26-6-3)18(16,17)12-22/h7-10H,4-6H2,1-3H3,(H2,23,24)/t16-,17+,18-/m1/s1. The van der Waals surface area contributed by atoms with E-state index in [0.717, 1.165) is 10.0 Å². The molecule has 2 aliphatic rings. The highest BCUT2D eigenvalue weighted by molar-refractivity contribution is 9.10. The highest BCUT2D eigenvalue weighted by atomic mass is 79.9. The molecule has 3 rings (SSSR count). The van der Waals surface area contributed by atoms with E-state index in [0.29, 0.717) is 6.42 Å². The Balaban J connectivity index is 2.35. The molecule has 0 spiro atoms. The van der Waals surface area contributed by atoms with Crippen LogP contribution in [0.15, 0.2) is 33.7 Å². The van der Waals surface area contributed by atoms with Crippen LogP contribution in [0.2, 0.25) is 0 Å². The molecule has 7 heteroatoms. The molecular weight excluding hydrogens is 396 g/mol. The van der Waals surface area contributed by atoms with Gasteiger partial charge in [-0.05, 0) is 38.0 Å². The molecule has 1 aliphatic carbocycles. The minimum Gasteiger partial charge on any atom is -0.386 e. The third kappa shape index (κ3) is 1.69. The molecular formula is C19H21BrN4O2. The first-order valence-corrected chi connectivity index (χ1v) is 9.45. The summed E-state index contributed by atoms with van der Waals surface area (Å²) in [7, 11) is 0. The van der Waals surface area contributed by atoms with E-state index in [2.05, 4.69) is 33.1 Å². The maximum atomic E-state index is 10.4. The van der Waals surface area contributed by atoms with Gasteiger partial charge in [-0.15, -0.1) is 0 Å². The number of halogens is 1. The number of fused-ring (bicyclic) bond motifs is 1. The predicted octanol–water partition coefficient (Wildman–Crippen LogP) is 3.23. The third-order valence-corrected chi connectivity index (χ3v) is 6.32. The lowest BCUT2D eigenvalue weighted by molar-refractivity contribution is -0.258. The molecule has 1 aromatic rings. The quantitative estimate of drug-likeness (QED) is 0.716. The third-order valence-electron chi connectivity index (χ3n) is 5.79. The zero-order valence-electron chi connectivity index (χ0n) is 15.0. The molecule has 136 valence electrons. The van der Waals surface area contributed by atoms with Gasteiger partial charge in [0.25, 0.3) is 5.91 Å². The second-order valence-electron chi connectivity index (χ2n) is 6.43. The number of amidine groups is 1. The molecule has 0 radical (unpaired) electrons. The fourth-order valence-corrected chi connectivity index (χ4v) is 5.24. The van der Waals surface area contributed by atoms with E-state index in [9.17, 15) is 10.5 Å². The van der Waals surface area contributed by atoms with Gasteiger partial charge in [-0.3, -0.25) is 0 Å². The fraction of sp³-hybridized carbons (Fsp3) is 0.526. The van der Waals surface area contributed by atoms with Crippen molar-refractivity contribution in [3.8, 4) is 12.1 Å². The minimum absolute atomic E-state index is 0.105. The van der Waals surface area contributed by atoms with Gasteiger partial charge in [-0.2, -0.15) is 10.5 Å². The summed E-state index contributed by atoms with van der Waals surface area (Å²) in [6.07, 6.45) is 0.522. The summed E-state index contributed by atoms with van der Waals surface area (Å²) < 4.78 is 12.7. The van der Waals surface area contributed by atoms with Crippen LogP contribution in [0.3, 0.4) is 0 Å². The van der Waals surface area contributed by atoms with Gasteiger partial charge >= 0.3 is 0 Å². The Morgan fingerprint density at radius 3 is 2.08 bits per heavy atom. The van der Waals surface area contributed by atoms with Crippen molar-refractivity contribution in [2.24, 2.45) is 21.6 Å². The number of hydrogen-bond donors (Lipinski definition) is 1. The molecule has 0 unspecified atom stereocenters. The molecule has 0 amide bonds. The van der Waals surface area contributed by atoms with Gasteiger partial charge < -0.3 is 15.2 Å². The van der Waals surface area contributed by atoms with Crippen molar-refractivity contribution in [1.29, 1.82) is 10.5 Å². The van der Waals surface area contributed by atoms with Gasteiger partial charge in [-0.1, -0.05) is 35.0 Å². The van der Waals surface area contributed by atoms with Crippen LogP contribution in [0, 0.1) is 33.5 Å². The Hall–Kier alpha value is -1.93. The molecule has 0 bridgehead atoms. The maximum Gasteiger partial charge on any atom is 0.293 e. The largest absolute Gasteiger partial charge is 0.386 e. The smallest absolute Gasteiger partial charge is 0.293 e. The molecule has 0 saturated heterocycles. The Kier molecular flexibility index (Phi) is 4.39. The molecule has 1 aliphatic heterocycles. The van der Waals surface area contributed by atoms with Crippen molar-refractivity contribution in [2.45, 2.75) is 38.5 Å². The van der Waals surface area contributed by atoms with E-state index in [4.69, 9.17) is 15.2 Å². The number of rotatable bonds is 6. The first-order chi connectivity index (χ1) is 12.4. The number of hydrogen-bond acceptors (Lipinski definition) is 6. The molecule has 26 heavy (non-hydrogen) atoms. The van der Waals surface area contributed by atoms with Gasteiger partial charge in [0.15, 0.2) is 10.8 Å². The van der Waals surface area contributed by atoms with Crippen molar-refractivity contribution in [2.75, 3.05) is 13.2 Å². The van der Waals surface area contributed by atoms with Crippen molar-refractivity contribution < 1.29 is 9.47 Å². The van der Waals surface area contributed by atoms with E-state index in [1.165, 1.54) is 0 Å². The monoisotopic (exact) mass is 416 g/mol. The molecule has 1 fully saturated rings. The first-order valence-electron chi connectivity index (χ1n) is 8.65. The van der Waals surface area contributed by atoms with Gasteiger partial charge in [0.05, 0.1) is 17.6 Å². The Morgan fingerprint density at radius 2 is 1.65 bits per heavy atom. The zero-order chi connectivity index (χ0) is 19.2. The van der Waals surface area contributed by atoms with Crippen LogP contribution < -0.4 is 5.73 Å². The van der Waals surface area contributed by atoms with Gasteiger partial charge in [0.1, 0.15) is 5.84 Å². The van der Waals surface area contributed by atoms with E-state index in [-0.39, 0.29) is 19.0 Å². The van der Waals surface area contributed by atoms with E-state index < -0.39 is 22.2 Å². The van der Waals surface area contributed by atoms with Crippen LogP contribution in [-0.4, -0.2) is 25.0 Å². The topological polar surface area (TPSA) is 104 Å². The summed E-state index contributed by atoms with van der Waals surface area (Å²) in [5.41, 5.74) is 3.64. The normalized spacial score (nSPS) is 33.7. The second-order valence-corrected chi connectivity index (χ2v) is 7.35. The molecule has 1 heterocycles. The van der Waals surface area contributed by atoms with Crippen LogP contribution in [0.25, 0.3) is 0 Å². The summed E-state index contributed by atoms with van der Waals surface area (Å²) in [4.78, 5) is 4.40. The predicted molar refractivity (Wildman–Crippen MR) is 99.8 cm³/mol. The number of nitrogens with zero attached hydrogens (tertiary/aromatic N) is 3. The number of nitrogens with two attached hydrogens (primary N) is 1. The van der Waals surface area contributed by atoms with Crippen LogP contribution in [0.4, 0.5) is 0 Å². The van der Waals surface area contributed by atoms with Gasteiger partial charge in [-0.25, -0.2) is 4.99 Å². The fourth-order valence-electron chi connectivity index (χ4n) is 4.97. The van der Waals surface area contributed by atoms with E-state index >= 15 is 0 Å². The summed E-state index contributed by atoms with van der Waals surface area (Å²) in [6.45, 7) is 6.12. The van der Waals surface area contributed by atoms with Crippen molar-refractivity contribution in [3.05, 3.63) is 34.3 Å². The maximum absolute atomic E-state index is 10.4. The SMILES string of the molecule is CCOC1(OCC)N=C(N)[C@@]2(C#N)[C@@](CC)(c3ccc(Br)cc3)[C@@]12C#N. The first kappa shape index (κ1) is 18.8. The van der Waals surface area contributed by atoms with Crippen molar-refractivity contribution >= 4 is 21.8 Å². The van der Waals surface area contributed by atoms with Crippen LogP contribution in [0.1, 0.15) is 32.8 Å². The minimum atomic E-state index is -1.59. The molecule has 3 atom stereocenters. The van der Waals surface area contributed by atoms with Crippen molar-refractivity contribution in [3.63, 3.8) is 0 Å². The molecule has 2 N–H and O–H groups in total. The molecule has 1 aromatic carbocycles. The molecule has 0 aromatic heterocycles. The van der Waals surface area contributed by atoms with Gasteiger partial charge in [0.2, 0.25) is 0 Å². The Bertz CT molecular complexity index is 835. The average molecular weight is 417 g/mol. The number of benzene rings is 1. The summed E-state index contributed by atoms with van der Waals surface area (Å²) >= 11 is 3.43. The van der Waals surface area contributed by atoms with E-state index in [1.807, 2.05) is 31.2 Å². The van der Waals surface area contributed by atoms with Gasteiger partial charge in [0, 0.05) is 17.7 Å². The lowest BCUT2D eigenvalue weighted by atomic mass is 9.80. The molecule has 6 nitrogen and oxygen atoms in total. The van der Waals surface area contributed by atoms with Crippen LogP contribution in [-0.2, 0) is 14.9 Å². The molecule has 1 saturated carbocycles. The summed E-state index contributed by atoms with van der Waals surface area (Å²) in [5, 5.41) is 20.6. The highest BCUT2D eigenvalue weighted by Crippen LogP contribution is 2.86. The number of aliphatic imine (C=N–C) groups is 1. The average Bonchev–Trinajstić information content (AvgIpc) is 3.13. The Labute approximate surface area is 161 Å². The van der Waals surface area contributed by atoms with Crippen LogP contribution >= 0.6 is 15.9 Å². The lowest BCUT2D eigenvalue weighted by Gasteiger charge is -2.35. The highest BCUT2D eigenvalue weighted by Gasteiger charge is 3.00. The van der Waals surface area contributed by atoms with E-state index in [1.54, 1.807) is 13.8 Å². The van der Waals surface area contributed by atoms with Crippen LogP contribution in [0.5, 0.6) is 0 Å². The number of ether oxygens (including phenoxy) is 2. The summed E-state index contributed by atoms with van der Waals surface area (Å²) in [5.74, 6) is -1.48. The number of nitriles is 2. The Morgan fingerprint density at radius 1 is 1.08 bits per heavy atom. The summed E-state index contributed by atoms with van der Waals surface area (Å²) in [6, 6.07) is 12.3. The second kappa shape index (κ2) is 6.06.